The predicted molar refractivity (Wildman–Crippen MR) is 44.9 cm³/mol. The van der Waals surface area contributed by atoms with Gasteiger partial charge in [-0.2, -0.15) is 8.42 Å². The van der Waals surface area contributed by atoms with Crippen molar-refractivity contribution in [1.29, 1.82) is 0 Å². The van der Waals surface area contributed by atoms with Crippen molar-refractivity contribution in [3.8, 4) is 0 Å². The smallest absolute Gasteiger partial charge is 0.282 e. The van der Waals surface area contributed by atoms with Gasteiger partial charge in [-0.15, -0.1) is 0 Å². The Bertz CT molecular complexity index is 365. The summed E-state index contributed by atoms with van der Waals surface area (Å²) in [6.07, 6.45) is 2.42. The molecular weight excluding hydrogens is 176 g/mol. The molecule has 0 fully saturated rings. The van der Waals surface area contributed by atoms with Crippen LogP contribution in [0.2, 0.25) is 0 Å². The molecule has 0 aromatic heterocycles. The van der Waals surface area contributed by atoms with Gasteiger partial charge in [-0.05, 0) is 5.56 Å². The zero-order valence-corrected chi connectivity index (χ0v) is 6.95. The third kappa shape index (κ3) is 3.32. The van der Waals surface area contributed by atoms with Crippen LogP contribution in [0, 0.1) is 6.08 Å². The first-order valence-corrected chi connectivity index (χ1v) is 4.70. The molecule has 1 N–H and O–H groups in total. The van der Waals surface area contributed by atoms with E-state index in [-0.39, 0.29) is 0 Å². The molecule has 0 spiro atoms. The van der Waals surface area contributed by atoms with Crippen molar-refractivity contribution in [2.45, 2.75) is 0 Å². The second-order valence-electron chi connectivity index (χ2n) is 2.14. The molecule has 0 aliphatic carbocycles. The highest BCUT2D eigenvalue weighted by molar-refractivity contribution is 7.88. The summed E-state index contributed by atoms with van der Waals surface area (Å²) in [6, 6.07) is 8.67. The molecule has 1 radical (unpaired) electrons. The van der Waals surface area contributed by atoms with Gasteiger partial charge in [0, 0.05) is 6.08 Å². The van der Waals surface area contributed by atoms with Crippen LogP contribution < -0.4 is 0 Å². The molecule has 0 aliphatic rings. The van der Waals surface area contributed by atoms with Gasteiger partial charge in [-0.25, -0.2) is 0 Å². The molecule has 3 nitrogen and oxygen atoms in total. The van der Waals surface area contributed by atoms with Crippen LogP contribution >= 0.6 is 0 Å². The Balaban J connectivity index is 2.85. The highest BCUT2D eigenvalue weighted by Crippen LogP contribution is 1.99. The maximum absolute atomic E-state index is 10.2. The fourth-order valence-electron chi connectivity index (χ4n) is 0.677. The Kier molecular flexibility index (Phi) is 2.62. The van der Waals surface area contributed by atoms with Gasteiger partial charge < -0.3 is 0 Å². The lowest BCUT2D eigenvalue weighted by atomic mass is 10.2. The Morgan fingerprint density at radius 2 is 1.83 bits per heavy atom. The van der Waals surface area contributed by atoms with E-state index in [4.69, 9.17) is 4.55 Å². The number of hydrogen-bond donors (Lipinski definition) is 1. The van der Waals surface area contributed by atoms with Gasteiger partial charge in [0.15, 0.2) is 0 Å². The van der Waals surface area contributed by atoms with E-state index >= 15 is 0 Å². The van der Waals surface area contributed by atoms with Crippen molar-refractivity contribution < 1.29 is 13.0 Å². The highest BCUT2D eigenvalue weighted by atomic mass is 32.2. The molecule has 0 unspecified atom stereocenters. The summed E-state index contributed by atoms with van der Waals surface area (Å²) < 4.78 is 28.8. The first-order chi connectivity index (χ1) is 5.58. The summed E-state index contributed by atoms with van der Waals surface area (Å²) in [7, 11) is -4.06. The third-order valence-electron chi connectivity index (χ3n) is 1.15. The molecule has 0 atom stereocenters. The second kappa shape index (κ2) is 3.51. The Labute approximate surface area is 71.1 Å². The lowest BCUT2D eigenvalue weighted by Gasteiger charge is -1.88. The maximum atomic E-state index is 10.2. The quantitative estimate of drug-likeness (QED) is 0.702. The zero-order valence-electron chi connectivity index (χ0n) is 6.14. The topological polar surface area (TPSA) is 54.4 Å². The van der Waals surface area contributed by atoms with Crippen LogP contribution in [0.15, 0.2) is 35.7 Å². The van der Waals surface area contributed by atoms with Crippen LogP contribution in [0.4, 0.5) is 0 Å². The molecule has 4 heteroatoms. The van der Waals surface area contributed by atoms with E-state index in [1.54, 1.807) is 30.3 Å². The lowest BCUT2D eigenvalue weighted by molar-refractivity contribution is 0.494. The van der Waals surface area contributed by atoms with E-state index in [1.807, 2.05) is 0 Å². The Morgan fingerprint density at radius 3 is 2.33 bits per heavy atom. The van der Waals surface area contributed by atoms with E-state index in [0.717, 1.165) is 0 Å². The fourth-order valence-corrected chi connectivity index (χ4v) is 0.962. The second-order valence-corrected chi connectivity index (χ2v) is 3.41. The van der Waals surface area contributed by atoms with Gasteiger partial charge in [0.05, 0.1) is 5.41 Å². The fraction of sp³-hybridized carbons (Fsp3) is 0. The molecule has 0 saturated carbocycles. The molecule has 63 valence electrons. The zero-order chi connectivity index (χ0) is 9.03. The summed E-state index contributed by atoms with van der Waals surface area (Å²) in [5.41, 5.74) is 0.607. The first kappa shape index (κ1) is 8.96. The van der Waals surface area contributed by atoms with Crippen molar-refractivity contribution in [3.63, 3.8) is 0 Å². The average molecular weight is 183 g/mol. The van der Waals surface area contributed by atoms with E-state index in [1.165, 1.54) is 0 Å². The van der Waals surface area contributed by atoms with Crippen LogP contribution in [-0.2, 0) is 10.1 Å². The summed E-state index contributed by atoms with van der Waals surface area (Å²) in [6.45, 7) is 0. The average Bonchev–Trinajstić information content (AvgIpc) is 2.02. The molecule has 0 amide bonds. The van der Waals surface area contributed by atoms with E-state index in [9.17, 15) is 8.42 Å². The number of hydrogen-bond acceptors (Lipinski definition) is 2. The monoisotopic (exact) mass is 183 g/mol. The highest BCUT2D eigenvalue weighted by Gasteiger charge is 1.94. The summed E-state index contributed by atoms with van der Waals surface area (Å²) >= 11 is 0. The Hall–Kier alpha value is -1.13. The number of rotatable bonds is 2. The van der Waals surface area contributed by atoms with Crippen molar-refractivity contribution in [3.05, 3.63) is 47.4 Å². The first-order valence-electron chi connectivity index (χ1n) is 3.20. The van der Waals surface area contributed by atoms with E-state index in [0.29, 0.717) is 11.0 Å². The Morgan fingerprint density at radius 1 is 1.25 bits per heavy atom. The van der Waals surface area contributed by atoms with Crippen molar-refractivity contribution in [2.24, 2.45) is 0 Å². The van der Waals surface area contributed by atoms with Gasteiger partial charge in [-0.3, -0.25) is 4.55 Å². The number of benzene rings is 1. The van der Waals surface area contributed by atoms with E-state index in [2.05, 4.69) is 6.08 Å². The SMILES string of the molecule is O=S(=O)(O)C=[C]c1ccccc1. The van der Waals surface area contributed by atoms with Crippen molar-refractivity contribution in [2.75, 3.05) is 0 Å². The molecule has 1 aromatic carbocycles. The minimum atomic E-state index is -4.06. The van der Waals surface area contributed by atoms with E-state index < -0.39 is 10.1 Å². The van der Waals surface area contributed by atoms with Gasteiger partial charge in [0.2, 0.25) is 0 Å². The molecular formula is C8H7O3S. The molecule has 0 bridgehead atoms. The van der Waals surface area contributed by atoms with Gasteiger partial charge in [-0.1, -0.05) is 30.3 Å². The molecule has 1 aromatic rings. The van der Waals surface area contributed by atoms with Crippen LogP contribution in [-0.4, -0.2) is 13.0 Å². The third-order valence-corrected chi connectivity index (χ3v) is 1.56. The van der Waals surface area contributed by atoms with Crippen LogP contribution in [0.25, 0.3) is 0 Å². The van der Waals surface area contributed by atoms with Crippen LogP contribution in [0.3, 0.4) is 0 Å². The molecule has 0 aliphatic heterocycles. The van der Waals surface area contributed by atoms with Crippen LogP contribution in [0.1, 0.15) is 5.56 Å². The minimum Gasteiger partial charge on any atom is -0.282 e. The molecule has 12 heavy (non-hydrogen) atoms. The molecule has 0 heterocycles. The normalized spacial score (nSPS) is 12.1. The predicted octanol–water partition coefficient (Wildman–Crippen LogP) is 1.24. The van der Waals surface area contributed by atoms with Crippen LogP contribution in [0.5, 0.6) is 0 Å². The van der Waals surface area contributed by atoms with Gasteiger partial charge in [0.1, 0.15) is 0 Å². The van der Waals surface area contributed by atoms with Crippen molar-refractivity contribution >= 4 is 10.1 Å². The summed E-state index contributed by atoms with van der Waals surface area (Å²) in [4.78, 5) is 0. The van der Waals surface area contributed by atoms with Gasteiger partial charge in [0.25, 0.3) is 10.1 Å². The summed E-state index contributed by atoms with van der Waals surface area (Å²) in [5, 5.41) is 0.627. The lowest BCUT2D eigenvalue weighted by Crippen LogP contribution is -1.89. The molecule has 0 saturated heterocycles. The standard InChI is InChI=1S/C8H7O3S/c9-12(10,11)7-6-8-4-2-1-3-5-8/h1-5,7H,(H,9,10,11). The molecule has 1 rings (SSSR count). The maximum Gasteiger partial charge on any atom is 0.288 e. The minimum absolute atomic E-state index is 0.607. The van der Waals surface area contributed by atoms with Crippen molar-refractivity contribution in [1.82, 2.24) is 0 Å². The van der Waals surface area contributed by atoms with Gasteiger partial charge >= 0.3 is 0 Å². The largest absolute Gasteiger partial charge is 0.288 e. The summed E-state index contributed by atoms with van der Waals surface area (Å²) in [5.74, 6) is 0.